The molecular formula is C21H24N2O2. The molecule has 1 aliphatic carbocycles. The highest BCUT2D eigenvalue weighted by Crippen LogP contribution is 2.41. The van der Waals surface area contributed by atoms with Gasteiger partial charge in [-0.3, -0.25) is 4.90 Å². The molecule has 0 bridgehead atoms. The molecule has 1 atom stereocenters. The van der Waals surface area contributed by atoms with E-state index in [9.17, 15) is 0 Å². The van der Waals surface area contributed by atoms with E-state index in [2.05, 4.69) is 46.2 Å². The second-order valence-corrected chi connectivity index (χ2v) is 7.08. The van der Waals surface area contributed by atoms with Crippen LogP contribution in [-0.4, -0.2) is 44.3 Å². The zero-order valence-corrected chi connectivity index (χ0v) is 14.5. The number of anilines is 1. The fourth-order valence-corrected chi connectivity index (χ4v) is 4.50. The van der Waals surface area contributed by atoms with Crippen molar-refractivity contribution >= 4 is 5.69 Å². The van der Waals surface area contributed by atoms with Crippen LogP contribution in [0, 0.1) is 0 Å². The van der Waals surface area contributed by atoms with Gasteiger partial charge in [0.05, 0.1) is 5.69 Å². The van der Waals surface area contributed by atoms with Crippen LogP contribution in [0.1, 0.15) is 23.6 Å². The van der Waals surface area contributed by atoms with Crippen molar-refractivity contribution in [3.05, 3.63) is 53.6 Å². The van der Waals surface area contributed by atoms with Crippen LogP contribution >= 0.6 is 0 Å². The lowest BCUT2D eigenvalue weighted by atomic mass is 10.1. The first-order valence-corrected chi connectivity index (χ1v) is 9.35. The van der Waals surface area contributed by atoms with Gasteiger partial charge in [-0.2, -0.15) is 0 Å². The lowest BCUT2D eigenvalue weighted by Crippen LogP contribution is -2.47. The van der Waals surface area contributed by atoms with Gasteiger partial charge in [-0.1, -0.05) is 30.3 Å². The zero-order valence-electron chi connectivity index (χ0n) is 14.5. The SMILES string of the molecule is c1ccc2c(c1)CCC2N1CCN(c2cccc3c2OCCO3)CC1. The minimum Gasteiger partial charge on any atom is -0.486 e. The van der Waals surface area contributed by atoms with E-state index >= 15 is 0 Å². The van der Waals surface area contributed by atoms with Crippen LogP contribution in [0.2, 0.25) is 0 Å². The first-order chi connectivity index (χ1) is 12.4. The van der Waals surface area contributed by atoms with Crippen molar-refractivity contribution in [3.63, 3.8) is 0 Å². The number of fused-ring (bicyclic) bond motifs is 2. The van der Waals surface area contributed by atoms with Crippen LogP contribution < -0.4 is 14.4 Å². The molecule has 1 fully saturated rings. The molecule has 1 saturated heterocycles. The van der Waals surface area contributed by atoms with Crippen LogP contribution in [0.5, 0.6) is 11.5 Å². The van der Waals surface area contributed by atoms with Gasteiger partial charge in [0.15, 0.2) is 11.5 Å². The van der Waals surface area contributed by atoms with Gasteiger partial charge in [0.2, 0.25) is 0 Å². The smallest absolute Gasteiger partial charge is 0.184 e. The highest BCUT2D eigenvalue weighted by atomic mass is 16.6. The molecule has 0 aromatic heterocycles. The minimum atomic E-state index is 0.600. The van der Waals surface area contributed by atoms with Gasteiger partial charge in [-0.15, -0.1) is 0 Å². The molecule has 4 heteroatoms. The van der Waals surface area contributed by atoms with Crippen LogP contribution in [0.15, 0.2) is 42.5 Å². The van der Waals surface area contributed by atoms with Crippen LogP contribution in [-0.2, 0) is 6.42 Å². The van der Waals surface area contributed by atoms with E-state index in [0.717, 1.165) is 37.7 Å². The van der Waals surface area contributed by atoms with Gasteiger partial charge in [-0.05, 0) is 36.1 Å². The summed E-state index contributed by atoms with van der Waals surface area (Å²) < 4.78 is 11.6. The summed E-state index contributed by atoms with van der Waals surface area (Å²) in [5, 5.41) is 0. The lowest BCUT2D eigenvalue weighted by molar-refractivity contribution is 0.168. The maximum Gasteiger partial charge on any atom is 0.184 e. The summed E-state index contributed by atoms with van der Waals surface area (Å²) >= 11 is 0. The first-order valence-electron chi connectivity index (χ1n) is 9.35. The Bertz CT molecular complexity index is 768. The molecule has 25 heavy (non-hydrogen) atoms. The quantitative estimate of drug-likeness (QED) is 0.840. The summed E-state index contributed by atoms with van der Waals surface area (Å²) in [4.78, 5) is 5.11. The third-order valence-electron chi connectivity index (χ3n) is 5.74. The minimum absolute atomic E-state index is 0.600. The van der Waals surface area contributed by atoms with Gasteiger partial charge in [-0.25, -0.2) is 0 Å². The Morgan fingerprint density at radius 3 is 2.60 bits per heavy atom. The molecule has 0 radical (unpaired) electrons. The average Bonchev–Trinajstić information content (AvgIpc) is 3.12. The summed E-state index contributed by atoms with van der Waals surface area (Å²) in [6.45, 7) is 5.57. The largest absolute Gasteiger partial charge is 0.486 e. The predicted molar refractivity (Wildman–Crippen MR) is 98.7 cm³/mol. The van der Waals surface area contributed by atoms with E-state index in [1.165, 1.54) is 24.1 Å². The highest BCUT2D eigenvalue weighted by molar-refractivity contribution is 5.65. The lowest BCUT2D eigenvalue weighted by Gasteiger charge is -2.40. The molecule has 5 rings (SSSR count). The molecule has 3 aliphatic rings. The second-order valence-electron chi connectivity index (χ2n) is 7.08. The van der Waals surface area contributed by atoms with Crippen LogP contribution in [0.4, 0.5) is 5.69 Å². The summed E-state index contributed by atoms with van der Waals surface area (Å²) in [5.74, 6) is 1.81. The average molecular weight is 336 g/mol. The number of nitrogens with zero attached hydrogens (tertiary/aromatic N) is 2. The number of rotatable bonds is 2. The fraction of sp³-hybridized carbons (Fsp3) is 0.429. The van der Waals surface area contributed by atoms with Crippen molar-refractivity contribution in [2.24, 2.45) is 0 Å². The van der Waals surface area contributed by atoms with E-state index in [4.69, 9.17) is 9.47 Å². The van der Waals surface area contributed by atoms with Crippen molar-refractivity contribution in [3.8, 4) is 11.5 Å². The molecule has 2 aromatic carbocycles. The number of hydrogen-bond donors (Lipinski definition) is 0. The van der Waals surface area contributed by atoms with Gasteiger partial charge >= 0.3 is 0 Å². The third-order valence-corrected chi connectivity index (χ3v) is 5.74. The Morgan fingerprint density at radius 1 is 0.840 bits per heavy atom. The highest BCUT2D eigenvalue weighted by Gasteiger charge is 2.31. The number of benzene rings is 2. The molecule has 0 saturated carbocycles. The second kappa shape index (κ2) is 6.26. The van der Waals surface area contributed by atoms with Crippen molar-refractivity contribution in [2.45, 2.75) is 18.9 Å². The van der Waals surface area contributed by atoms with Crippen molar-refractivity contribution in [1.29, 1.82) is 0 Å². The number of aryl methyl sites for hydroxylation is 1. The van der Waals surface area contributed by atoms with Crippen LogP contribution in [0.25, 0.3) is 0 Å². The Labute approximate surface area is 149 Å². The molecule has 0 N–H and O–H groups in total. The fourth-order valence-electron chi connectivity index (χ4n) is 4.50. The molecule has 1 unspecified atom stereocenters. The van der Waals surface area contributed by atoms with Crippen molar-refractivity contribution < 1.29 is 9.47 Å². The summed E-state index contributed by atoms with van der Waals surface area (Å²) in [5.41, 5.74) is 4.27. The van der Waals surface area contributed by atoms with Gasteiger partial charge in [0, 0.05) is 32.2 Å². The number of para-hydroxylation sites is 1. The summed E-state index contributed by atoms with van der Waals surface area (Å²) in [6, 6.07) is 15.8. The number of hydrogen-bond acceptors (Lipinski definition) is 4. The third kappa shape index (κ3) is 2.65. The Morgan fingerprint density at radius 2 is 1.68 bits per heavy atom. The molecule has 2 aromatic rings. The molecule has 0 amide bonds. The molecule has 4 nitrogen and oxygen atoms in total. The maximum atomic E-state index is 5.90. The normalized spacial score (nSPS) is 22.7. The standard InChI is InChI=1S/C21H24N2O2/c1-2-5-17-16(4-1)8-9-18(17)22-10-12-23(13-11-22)19-6-3-7-20-21(19)25-15-14-24-20/h1-7,18H,8-15H2. The van der Waals surface area contributed by atoms with E-state index < -0.39 is 0 Å². The number of piperazine rings is 1. The molecule has 130 valence electrons. The van der Waals surface area contributed by atoms with Gasteiger partial charge in [0.25, 0.3) is 0 Å². The van der Waals surface area contributed by atoms with Gasteiger partial charge in [0.1, 0.15) is 13.2 Å². The maximum absolute atomic E-state index is 5.90. The Balaban J connectivity index is 1.31. The van der Waals surface area contributed by atoms with E-state index in [0.29, 0.717) is 19.3 Å². The predicted octanol–water partition coefficient (Wildman–Crippen LogP) is 3.27. The Hall–Kier alpha value is -2.20. The monoisotopic (exact) mass is 336 g/mol. The van der Waals surface area contributed by atoms with Crippen LogP contribution in [0.3, 0.4) is 0 Å². The molecule has 0 spiro atoms. The van der Waals surface area contributed by atoms with Crippen molar-refractivity contribution in [1.82, 2.24) is 4.90 Å². The topological polar surface area (TPSA) is 24.9 Å². The van der Waals surface area contributed by atoms with E-state index in [1.54, 1.807) is 5.56 Å². The molecule has 2 aliphatic heterocycles. The molecular weight excluding hydrogens is 312 g/mol. The zero-order chi connectivity index (χ0) is 16.6. The number of ether oxygens (including phenoxy) is 2. The summed E-state index contributed by atoms with van der Waals surface area (Å²) in [7, 11) is 0. The molecule has 2 heterocycles. The summed E-state index contributed by atoms with van der Waals surface area (Å²) in [6.07, 6.45) is 2.48. The Kier molecular flexibility index (Phi) is 3.78. The van der Waals surface area contributed by atoms with E-state index in [1.807, 2.05) is 6.07 Å². The van der Waals surface area contributed by atoms with Crippen molar-refractivity contribution in [2.75, 3.05) is 44.3 Å². The first kappa shape index (κ1) is 15.1. The van der Waals surface area contributed by atoms with E-state index in [-0.39, 0.29) is 0 Å². The van der Waals surface area contributed by atoms with Gasteiger partial charge < -0.3 is 14.4 Å².